The highest BCUT2D eigenvalue weighted by Crippen LogP contribution is 2.41. The van der Waals surface area contributed by atoms with E-state index in [4.69, 9.17) is 15.2 Å². The Hall–Kier alpha value is -1.43. The average molecular weight is 318 g/mol. The molecule has 0 aromatic heterocycles. The number of rotatable bonds is 4. The number of carbonyl (C=O) groups excluding carboxylic acids is 1. The minimum Gasteiger partial charge on any atom is -0.377 e. The molecule has 2 fully saturated rings. The summed E-state index contributed by atoms with van der Waals surface area (Å²) in [5.74, 6) is 0.252. The molecule has 5 nitrogen and oxygen atoms in total. The Balaban J connectivity index is 1.63. The van der Waals surface area contributed by atoms with Gasteiger partial charge in [-0.1, -0.05) is 24.3 Å². The lowest BCUT2D eigenvalue weighted by molar-refractivity contribution is -0.161. The van der Waals surface area contributed by atoms with Crippen LogP contribution in [0, 0.1) is 12.8 Å². The van der Waals surface area contributed by atoms with Gasteiger partial charge in [-0.25, -0.2) is 0 Å². The molecule has 1 aromatic carbocycles. The summed E-state index contributed by atoms with van der Waals surface area (Å²) in [5, 5.41) is 0. The van der Waals surface area contributed by atoms with Gasteiger partial charge in [0.25, 0.3) is 0 Å². The second-order valence-corrected chi connectivity index (χ2v) is 6.70. The molecule has 1 atom stereocenters. The summed E-state index contributed by atoms with van der Waals surface area (Å²) in [7, 11) is 1.68. The van der Waals surface area contributed by atoms with E-state index in [0.29, 0.717) is 26.2 Å². The third kappa shape index (κ3) is 3.13. The van der Waals surface area contributed by atoms with E-state index in [0.717, 1.165) is 12.8 Å². The van der Waals surface area contributed by atoms with Gasteiger partial charge in [-0.3, -0.25) is 4.79 Å². The van der Waals surface area contributed by atoms with Crippen LogP contribution in [0.5, 0.6) is 0 Å². The van der Waals surface area contributed by atoms with Crippen molar-refractivity contribution in [3.05, 3.63) is 35.4 Å². The Morgan fingerprint density at radius 1 is 1.43 bits per heavy atom. The van der Waals surface area contributed by atoms with Crippen molar-refractivity contribution in [2.45, 2.75) is 31.5 Å². The summed E-state index contributed by atoms with van der Waals surface area (Å²) in [6.07, 6.45) is 1.42. The first kappa shape index (κ1) is 16.4. The first-order chi connectivity index (χ1) is 11.1. The molecular weight excluding hydrogens is 292 g/mol. The van der Waals surface area contributed by atoms with Crippen molar-refractivity contribution in [2.75, 3.05) is 33.4 Å². The molecular formula is C18H26N2O3. The number of methoxy groups -OCH3 is 1. The largest absolute Gasteiger partial charge is 0.377 e. The number of amides is 1. The van der Waals surface area contributed by atoms with E-state index in [2.05, 4.69) is 19.1 Å². The summed E-state index contributed by atoms with van der Waals surface area (Å²) in [5.41, 5.74) is 7.85. The van der Waals surface area contributed by atoms with Gasteiger partial charge in [0.1, 0.15) is 6.10 Å². The third-order valence-corrected chi connectivity index (χ3v) is 5.30. The molecule has 1 aliphatic heterocycles. The lowest BCUT2D eigenvalue weighted by Gasteiger charge is -2.47. The predicted octanol–water partition coefficient (Wildman–Crippen LogP) is 1.65. The monoisotopic (exact) mass is 318 g/mol. The van der Waals surface area contributed by atoms with Crippen LogP contribution in [0.3, 0.4) is 0 Å². The second kappa shape index (κ2) is 6.59. The van der Waals surface area contributed by atoms with Crippen molar-refractivity contribution < 1.29 is 14.3 Å². The molecule has 0 radical (unpaired) electrons. The molecule has 5 heteroatoms. The lowest BCUT2D eigenvalue weighted by atomic mass is 9.70. The molecule has 0 bridgehead atoms. The molecule has 1 saturated carbocycles. The fourth-order valence-corrected chi connectivity index (χ4v) is 3.67. The molecule has 1 saturated heterocycles. The maximum atomic E-state index is 12.7. The quantitative estimate of drug-likeness (QED) is 0.917. The van der Waals surface area contributed by atoms with Crippen molar-refractivity contribution in [1.82, 2.24) is 4.90 Å². The molecule has 126 valence electrons. The van der Waals surface area contributed by atoms with Crippen LogP contribution in [0.25, 0.3) is 0 Å². The maximum absolute atomic E-state index is 12.7. The van der Waals surface area contributed by atoms with Gasteiger partial charge in [-0.15, -0.1) is 0 Å². The summed E-state index contributed by atoms with van der Waals surface area (Å²) in [6.45, 7) is 4.44. The van der Waals surface area contributed by atoms with Crippen LogP contribution >= 0.6 is 0 Å². The molecule has 0 spiro atoms. The Morgan fingerprint density at radius 2 is 2.17 bits per heavy atom. The maximum Gasteiger partial charge on any atom is 0.226 e. The Kier molecular flexibility index (Phi) is 4.71. The minimum atomic E-state index is -0.290. The number of hydrogen-bond acceptors (Lipinski definition) is 4. The highest BCUT2D eigenvalue weighted by molar-refractivity contribution is 5.80. The number of ether oxygens (including phenoxy) is 2. The Bertz CT molecular complexity index is 563. The van der Waals surface area contributed by atoms with Gasteiger partial charge >= 0.3 is 0 Å². The van der Waals surface area contributed by atoms with Crippen LogP contribution in [0.2, 0.25) is 0 Å². The van der Waals surface area contributed by atoms with Gasteiger partial charge in [0.15, 0.2) is 0 Å². The average Bonchev–Trinajstić information content (AvgIpc) is 2.55. The minimum absolute atomic E-state index is 0.0318. The summed E-state index contributed by atoms with van der Waals surface area (Å²) in [6, 6.07) is 8.21. The highest BCUT2D eigenvalue weighted by atomic mass is 16.5. The van der Waals surface area contributed by atoms with Gasteiger partial charge in [0, 0.05) is 26.1 Å². The van der Waals surface area contributed by atoms with Crippen LogP contribution in [0.15, 0.2) is 24.3 Å². The molecule has 3 rings (SSSR count). The first-order valence-electron chi connectivity index (χ1n) is 8.30. The van der Waals surface area contributed by atoms with Crippen molar-refractivity contribution in [3.8, 4) is 0 Å². The number of hydrogen-bond donors (Lipinski definition) is 1. The van der Waals surface area contributed by atoms with Gasteiger partial charge < -0.3 is 20.1 Å². The van der Waals surface area contributed by atoms with E-state index in [1.54, 1.807) is 7.11 Å². The topological polar surface area (TPSA) is 64.8 Å². The summed E-state index contributed by atoms with van der Waals surface area (Å²) < 4.78 is 11.4. The number of nitrogens with zero attached hydrogens (tertiary/aromatic N) is 1. The number of benzene rings is 1. The van der Waals surface area contributed by atoms with Crippen LogP contribution in [0.1, 0.15) is 30.1 Å². The van der Waals surface area contributed by atoms with Crippen molar-refractivity contribution in [2.24, 2.45) is 11.7 Å². The highest BCUT2D eigenvalue weighted by Gasteiger charge is 2.48. The standard InChI is InChI=1S/C18H26N2O3/c1-13-5-3-4-6-15(13)16-11-20(7-8-23-16)17(21)14-9-18(10-14,12-19)22-2/h3-6,14,16H,7-12,19H2,1-2H3. The van der Waals surface area contributed by atoms with Gasteiger partial charge in [0.2, 0.25) is 5.91 Å². The molecule has 1 unspecified atom stereocenters. The Labute approximate surface area is 137 Å². The normalized spacial score (nSPS) is 30.8. The first-order valence-corrected chi connectivity index (χ1v) is 8.30. The van der Waals surface area contributed by atoms with E-state index >= 15 is 0 Å². The summed E-state index contributed by atoms with van der Waals surface area (Å²) in [4.78, 5) is 14.7. The molecule has 2 N–H and O–H groups in total. The van der Waals surface area contributed by atoms with Gasteiger partial charge in [0.05, 0.1) is 18.8 Å². The lowest BCUT2D eigenvalue weighted by Crippen LogP contribution is -2.57. The number of nitrogens with two attached hydrogens (primary N) is 1. The van der Waals surface area contributed by atoms with Crippen molar-refractivity contribution >= 4 is 5.91 Å². The molecule has 1 heterocycles. The van der Waals surface area contributed by atoms with Crippen LogP contribution in [0.4, 0.5) is 0 Å². The zero-order valence-electron chi connectivity index (χ0n) is 14.0. The molecule has 1 amide bonds. The van der Waals surface area contributed by atoms with Crippen LogP contribution in [-0.4, -0.2) is 49.8 Å². The summed E-state index contributed by atoms with van der Waals surface area (Å²) >= 11 is 0. The second-order valence-electron chi connectivity index (χ2n) is 6.70. The van der Waals surface area contributed by atoms with Gasteiger partial charge in [-0.05, 0) is 30.9 Å². The number of carbonyl (C=O) groups is 1. The van der Waals surface area contributed by atoms with Crippen molar-refractivity contribution in [3.63, 3.8) is 0 Å². The fourth-order valence-electron chi connectivity index (χ4n) is 3.67. The van der Waals surface area contributed by atoms with Crippen LogP contribution in [-0.2, 0) is 14.3 Å². The number of aryl methyl sites for hydroxylation is 1. The molecule has 23 heavy (non-hydrogen) atoms. The molecule has 1 aromatic rings. The predicted molar refractivity (Wildman–Crippen MR) is 88.0 cm³/mol. The van der Waals surface area contributed by atoms with Gasteiger partial charge in [-0.2, -0.15) is 0 Å². The van der Waals surface area contributed by atoms with E-state index in [9.17, 15) is 4.79 Å². The zero-order valence-corrected chi connectivity index (χ0v) is 14.0. The SMILES string of the molecule is COC1(CN)CC(C(=O)N2CCOC(c3ccccc3C)C2)C1. The van der Waals surface area contributed by atoms with E-state index < -0.39 is 0 Å². The smallest absolute Gasteiger partial charge is 0.226 e. The van der Waals surface area contributed by atoms with E-state index in [1.165, 1.54) is 11.1 Å². The van der Waals surface area contributed by atoms with Crippen LogP contribution < -0.4 is 5.73 Å². The van der Waals surface area contributed by atoms with E-state index in [-0.39, 0.29) is 23.5 Å². The molecule has 2 aliphatic rings. The van der Waals surface area contributed by atoms with Crippen molar-refractivity contribution in [1.29, 1.82) is 0 Å². The number of morpholine rings is 1. The molecule has 1 aliphatic carbocycles. The fraction of sp³-hybridized carbons (Fsp3) is 0.611. The third-order valence-electron chi connectivity index (χ3n) is 5.30. The zero-order chi connectivity index (χ0) is 16.4. The van der Waals surface area contributed by atoms with E-state index in [1.807, 2.05) is 17.0 Å². The Morgan fingerprint density at radius 3 is 2.83 bits per heavy atom.